The van der Waals surface area contributed by atoms with E-state index >= 15 is 0 Å². The smallest absolute Gasteiger partial charge is 0.339 e. The molecule has 116 valence electrons. The Hall–Kier alpha value is -2.36. The molecule has 1 aromatic carbocycles. The first-order valence-corrected chi connectivity index (χ1v) is 7.27. The van der Waals surface area contributed by atoms with Crippen LogP contribution in [-0.2, 0) is 10.2 Å². The van der Waals surface area contributed by atoms with Crippen molar-refractivity contribution in [1.29, 1.82) is 0 Å². The van der Waals surface area contributed by atoms with E-state index in [9.17, 15) is 4.79 Å². The van der Waals surface area contributed by atoms with E-state index in [4.69, 9.17) is 9.47 Å². The minimum atomic E-state index is -0.389. The fraction of sp³-hybridized carbons (Fsp3) is 0.333. The zero-order valence-electron chi connectivity index (χ0n) is 13.2. The molecule has 0 radical (unpaired) electrons. The van der Waals surface area contributed by atoms with Crippen molar-refractivity contribution in [2.45, 2.75) is 26.2 Å². The Balaban J connectivity index is 1.76. The van der Waals surface area contributed by atoms with E-state index < -0.39 is 0 Å². The third kappa shape index (κ3) is 4.58. The summed E-state index contributed by atoms with van der Waals surface area (Å²) in [6, 6.07) is 11.3. The summed E-state index contributed by atoms with van der Waals surface area (Å²) in [5.74, 6) is 0.380. The lowest BCUT2D eigenvalue weighted by molar-refractivity contribution is 0.0450. The van der Waals surface area contributed by atoms with Crippen molar-refractivity contribution >= 4 is 5.97 Å². The SMILES string of the molecule is CC(C)(C)c1ccc(OCCOC(=O)c2cccnc2)cc1. The fourth-order valence-electron chi connectivity index (χ4n) is 1.91. The lowest BCUT2D eigenvalue weighted by atomic mass is 9.87. The van der Waals surface area contributed by atoms with Gasteiger partial charge in [-0.3, -0.25) is 4.98 Å². The molecule has 0 spiro atoms. The van der Waals surface area contributed by atoms with E-state index in [-0.39, 0.29) is 18.0 Å². The molecule has 1 aromatic heterocycles. The van der Waals surface area contributed by atoms with Crippen LogP contribution in [0.2, 0.25) is 0 Å². The number of benzene rings is 1. The lowest BCUT2D eigenvalue weighted by Crippen LogP contribution is -2.13. The summed E-state index contributed by atoms with van der Waals surface area (Å²) < 4.78 is 10.7. The van der Waals surface area contributed by atoms with E-state index in [0.717, 1.165) is 5.75 Å². The van der Waals surface area contributed by atoms with Crippen molar-refractivity contribution < 1.29 is 14.3 Å². The summed E-state index contributed by atoms with van der Waals surface area (Å²) in [6.45, 7) is 7.03. The molecular formula is C18H21NO3. The first-order valence-electron chi connectivity index (χ1n) is 7.27. The number of aromatic nitrogens is 1. The second kappa shape index (κ2) is 7.07. The number of hydrogen-bond donors (Lipinski definition) is 0. The number of rotatable bonds is 5. The Morgan fingerprint density at radius 3 is 2.41 bits per heavy atom. The second-order valence-corrected chi connectivity index (χ2v) is 6.00. The van der Waals surface area contributed by atoms with Crippen molar-refractivity contribution in [3.05, 3.63) is 59.9 Å². The molecule has 0 aliphatic rings. The Morgan fingerprint density at radius 2 is 1.82 bits per heavy atom. The molecule has 0 unspecified atom stereocenters. The van der Waals surface area contributed by atoms with Gasteiger partial charge in [-0.05, 0) is 35.2 Å². The van der Waals surface area contributed by atoms with Crippen LogP contribution in [0.5, 0.6) is 5.75 Å². The van der Waals surface area contributed by atoms with Crippen molar-refractivity contribution in [3.63, 3.8) is 0 Å². The second-order valence-electron chi connectivity index (χ2n) is 6.00. The maximum atomic E-state index is 11.7. The molecule has 0 N–H and O–H groups in total. The maximum absolute atomic E-state index is 11.7. The van der Waals surface area contributed by atoms with Gasteiger partial charge in [0.25, 0.3) is 0 Å². The van der Waals surface area contributed by atoms with Crippen LogP contribution in [0.1, 0.15) is 36.7 Å². The van der Waals surface area contributed by atoms with Crippen molar-refractivity contribution in [1.82, 2.24) is 4.98 Å². The molecule has 0 fully saturated rings. The van der Waals surface area contributed by atoms with Gasteiger partial charge in [0.1, 0.15) is 19.0 Å². The summed E-state index contributed by atoms with van der Waals surface area (Å²) in [6.07, 6.45) is 3.09. The monoisotopic (exact) mass is 299 g/mol. The number of esters is 1. The number of nitrogens with zero attached hydrogens (tertiary/aromatic N) is 1. The Morgan fingerprint density at radius 1 is 1.09 bits per heavy atom. The molecule has 0 bridgehead atoms. The molecular weight excluding hydrogens is 278 g/mol. The normalized spacial score (nSPS) is 11.0. The summed E-state index contributed by atoms with van der Waals surface area (Å²) in [5, 5.41) is 0. The van der Waals surface area contributed by atoms with Gasteiger partial charge in [0.05, 0.1) is 5.56 Å². The van der Waals surface area contributed by atoms with Gasteiger partial charge in [-0.25, -0.2) is 4.79 Å². The Bertz CT molecular complexity index is 600. The van der Waals surface area contributed by atoms with Gasteiger partial charge in [-0.15, -0.1) is 0 Å². The van der Waals surface area contributed by atoms with E-state index in [1.165, 1.54) is 11.8 Å². The fourth-order valence-corrected chi connectivity index (χ4v) is 1.91. The first kappa shape index (κ1) is 16.0. The molecule has 2 aromatic rings. The van der Waals surface area contributed by atoms with Crippen LogP contribution in [0, 0.1) is 0 Å². The van der Waals surface area contributed by atoms with Gasteiger partial charge in [-0.1, -0.05) is 32.9 Å². The zero-order chi connectivity index (χ0) is 16.0. The lowest BCUT2D eigenvalue weighted by Gasteiger charge is -2.19. The molecule has 1 heterocycles. The quantitative estimate of drug-likeness (QED) is 0.625. The highest BCUT2D eigenvalue weighted by atomic mass is 16.6. The number of carbonyl (C=O) groups is 1. The van der Waals surface area contributed by atoms with E-state index in [0.29, 0.717) is 12.2 Å². The minimum absolute atomic E-state index is 0.123. The Kier molecular flexibility index (Phi) is 5.15. The zero-order valence-corrected chi connectivity index (χ0v) is 13.2. The molecule has 2 rings (SSSR count). The van der Waals surface area contributed by atoms with E-state index in [2.05, 4.69) is 37.9 Å². The summed E-state index contributed by atoms with van der Waals surface area (Å²) in [7, 11) is 0. The third-order valence-electron chi connectivity index (χ3n) is 3.20. The average molecular weight is 299 g/mol. The van der Waals surface area contributed by atoms with Gasteiger partial charge in [-0.2, -0.15) is 0 Å². The average Bonchev–Trinajstić information content (AvgIpc) is 2.52. The van der Waals surface area contributed by atoms with Crippen molar-refractivity contribution in [3.8, 4) is 5.75 Å². The van der Waals surface area contributed by atoms with Crippen LogP contribution in [0.4, 0.5) is 0 Å². The Labute approximate surface area is 131 Å². The molecule has 4 heteroatoms. The van der Waals surface area contributed by atoms with Crippen LogP contribution >= 0.6 is 0 Å². The third-order valence-corrected chi connectivity index (χ3v) is 3.20. The van der Waals surface area contributed by atoms with Gasteiger partial charge in [0.15, 0.2) is 0 Å². The summed E-state index contributed by atoms with van der Waals surface area (Å²) in [5.41, 5.74) is 1.82. The van der Waals surface area contributed by atoms with E-state index in [1.54, 1.807) is 18.3 Å². The van der Waals surface area contributed by atoms with Gasteiger partial charge < -0.3 is 9.47 Å². The van der Waals surface area contributed by atoms with Crippen LogP contribution < -0.4 is 4.74 Å². The predicted octanol–water partition coefficient (Wildman–Crippen LogP) is 3.61. The molecule has 22 heavy (non-hydrogen) atoms. The minimum Gasteiger partial charge on any atom is -0.490 e. The standard InChI is InChI=1S/C18H21NO3/c1-18(2,3)15-6-8-16(9-7-15)21-11-12-22-17(20)14-5-4-10-19-13-14/h4-10,13H,11-12H2,1-3H3. The molecule has 0 saturated heterocycles. The van der Waals surface area contributed by atoms with Gasteiger partial charge in [0.2, 0.25) is 0 Å². The number of hydrogen-bond acceptors (Lipinski definition) is 4. The van der Waals surface area contributed by atoms with Crippen molar-refractivity contribution in [2.24, 2.45) is 0 Å². The predicted molar refractivity (Wildman–Crippen MR) is 85.2 cm³/mol. The number of carbonyl (C=O) groups excluding carboxylic acids is 1. The molecule has 0 aliphatic carbocycles. The summed E-state index contributed by atoms with van der Waals surface area (Å²) in [4.78, 5) is 15.6. The van der Waals surface area contributed by atoms with Crippen LogP contribution in [0.3, 0.4) is 0 Å². The molecule has 0 saturated carbocycles. The molecule has 0 amide bonds. The number of ether oxygens (including phenoxy) is 2. The van der Waals surface area contributed by atoms with Gasteiger partial charge >= 0.3 is 5.97 Å². The topological polar surface area (TPSA) is 48.4 Å². The highest BCUT2D eigenvalue weighted by Crippen LogP contribution is 2.24. The van der Waals surface area contributed by atoms with E-state index in [1.807, 2.05) is 12.1 Å². The van der Waals surface area contributed by atoms with Crippen LogP contribution in [0.15, 0.2) is 48.8 Å². The largest absolute Gasteiger partial charge is 0.490 e. The van der Waals surface area contributed by atoms with Crippen LogP contribution in [0.25, 0.3) is 0 Å². The highest BCUT2D eigenvalue weighted by molar-refractivity contribution is 5.88. The molecule has 4 nitrogen and oxygen atoms in total. The number of pyridine rings is 1. The summed E-state index contributed by atoms with van der Waals surface area (Å²) >= 11 is 0. The van der Waals surface area contributed by atoms with Gasteiger partial charge in [0, 0.05) is 12.4 Å². The molecule has 0 aliphatic heterocycles. The molecule has 0 atom stereocenters. The van der Waals surface area contributed by atoms with Crippen LogP contribution in [-0.4, -0.2) is 24.2 Å². The first-order chi connectivity index (χ1) is 10.5. The highest BCUT2D eigenvalue weighted by Gasteiger charge is 2.13. The van der Waals surface area contributed by atoms with Crippen molar-refractivity contribution in [2.75, 3.05) is 13.2 Å². The maximum Gasteiger partial charge on any atom is 0.339 e.